The normalized spacial score (nSPS) is 35.2. The molecule has 3 unspecified atom stereocenters. The van der Waals surface area contributed by atoms with Crippen LogP contribution < -0.4 is 0 Å². The maximum absolute atomic E-state index is 3.50. The van der Waals surface area contributed by atoms with Crippen LogP contribution in [-0.2, 0) is 0 Å². The monoisotopic (exact) mass is 293 g/mol. The van der Waals surface area contributed by atoms with Gasteiger partial charge in [0.25, 0.3) is 0 Å². The molecular weight excluding hydrogens is 274 g/mol. The van der Waals surface area contributed by atoms with Crippen molar-refractivity contribution in [3.8, 4) is 0 Å². The summed E-state index contributed by atoms with van der Waals surface area (Å²) in [4.78, 5) is 0. The van der Waals surface area contributed by atoms with Crippen LogP contribution in [-0.4, -0.2) is 14.1 Å². The molecule has 1 nitrogen and oxygen atoms in total. The molecule has 0 heterocycles. The van der Waals surface area contributed by atoms with Gasteiger partial charge in [0.1, 0.15) is 0 Å². The minimum atomic E-state index is 0. The summed E-state index contributed by atoms with van der Waals surface area (Å²) in [7, 11) is 3.50. The minimum Gasteiger partial charge on any atom is -0.668 e. The topological polar surface area (TPSA) is 14.1 Å². The smallest absolute Gasteiger partial charge is 0 e. The molecule has 2 fully saturated rings. The Morgan fingerprint density at radius 1 is 1.33 bits per heavy atom. The van der Waals surface area contributed by atoms with Crippen molar-refractivity contribution in [2.75, 3.05) is 14.1 Å². The molecule has 2 rings (SSSR count). The third kappa shape index (κ3) is 3.24. The molecule has 0 aliphatic heterocycles. The second kappa shape index (κ2) is 5.94. The van der Waals surface area contributed by atoms with Crippen LogP contribution in [0.15, 0.2) is 0 Å². The summed E-state index contributed by atoms with van der Waals surface area (Å²) in [6.07, 6.45) is 4.01. The quantitative estimate of drug-likeness (QED) is 0.660. The fraction of sp³-hybridized carbons (Fsp3) is 0.900. The Morgan fingerprint density at radius 2 is 1.83 bits per heavy atom. The molecular formula is C10H19CeN-2. The van der Waals surface area contributed by atoms with E-state index in [0.29, 0.717) is 0 Å². The number of nitrogens with zero attached hydrogens (tertiary/aromatic N) is 1. The van der Waals surface area contributed by atoms with Crippen molar-refractivity contribution in [2.45, 2.75) is 20.3 Å². The largest absolute Gasteiger partial charge is 0.668 e. The SMILES string of the molecule is CC(C)C1CC2[CH-]C21.C[N-]C.[Ce]. The van der Waals surface area contributed by atoms with Crippen molar-refractivity contribution in [2.24, 2.45) is 23.7 Å². The minimum absolute atomic E-state index is 0. The first-order valence-electron chi connectivity index (χ1n) is 4.53. The van der Waals surface area contributed by atoms with Gasteiger partial charge in [-0.2, -0.15) is 25.9 Å². The van der Waals surface area contributed by atoms with Crippen LogP contribution in [0.2, 0.25) is 0 Å². The van der Waals surface area contributed by atoms with E-state index in [4.69, 9.17) is 0 Å². The molecule has 0 radical (unpaired) electrons. The van der Waals surface area contributed by atoms with E-state index in [1.165, 1.54) is 6.42 Å². The Hall–Kier alpha value is 1.34. The van der Waals surface area contributed by atoms with E-state index < -0.39 is 0 Å². The molecule has 2 heteroatoms. The summed E-state index contributed by atoms with van der Waals surface area (Å²) >= 11 is 0. The summed E-state index contributed by atoms with van der Waals surface area (Å²) in [6.45, 7) is 4.68. The Morgan fingerprint density at radius 3 is 1.92 bits per heavy atom. The van der Waals surface area contributed by atoms with Crippen molar-refractivity contribution in [3.63, 3.8) is 0 Å². The van der Waals surface area contributed by atoms with Crippen LogP contribution in [0.4, 0.5) is 0 Å². The van der Waals surface area contributed by atoms with Gasteiger partial charge in [0.15, 0.2) is 0 Å². The fourth-order valence-corrected chi connectivity index (χ4v) is 1.91. The Labute approximate surface area is 110 Å². The van der Waals surface area contributed by atoms with E-state index in [0.717, 1.165) is 23.7 Å². The molecule has 2 aliphatic carbocycles. The van der Waals surface area contributed by atoms with Gasteiger partial charge < -0.3 is 11.7 Å². The average Bonchev–Trinajstić information content (AvgIpc) is 2.42. The van der Waals surface area contributed by atoms with E-state index in [1.54, 1.807) is 14.1 Å². The van der Waals surface area contributed by atoms with E-state index in [2.05, 4.69) is 25.6 Å². The number of rotatable bonds is 1. The van der Waals surface area contributed by atoms with Gasteiger partial charge in [0, 0.05) is 41.7 Å². The third-order valence-electron chi connectivity index (χ3n) is 2.72. The second-order valence-corrected chi connectivity index (χ2v) is 4.02. The molecule has 3 atom stereocenters. The second-order valence-electron chi connectivity index (χ2n) is 4.02. The zero-order valence-corrected chi connectivity index (χ0v) is 11.7. The fourth-order valence-electron chi connectivity index (χ4n) is 1.91. The van der Waals surface area contributed by atoms with Gasteiger partial charge in [0.2, 0.25) is 0 Å². The Balaban J connectivity index is 0.000000272. The summed E-state index contributed by atoms with van der Waals surface area (Å²) in [5, 5.41) is 3.50. The standard InChI is InChI=1S/C8H13.C2H6N.Ce/c1-5(2)7-3-6-4-8(6)7;1-3-2;/h4-8H,3H2,1-2H3;1-2H3;/q2*-1;. The molecule has 0 bridgehead atoms. The molecule has 2 aliphatic rings. The predicted octanol–water partition coefficient (Wildman–Crippen LogP) is 2.73. The average molecular weight is 293 g/mol. The predicted molar refractivity (Wildman–Crippen MR) is 49.4 cm³/mol. The molecule has 0 saturated heterocycles. The van der Waals surface area contributed by atoms with Crippen molar-refractivity contribution < 1.29 is 41.7 Å². The molecule has 0 N–H and O–H groups in total. The molecule has 0 aromatic carbocycles. The summed E-state index contributed by atoms with van der Waals surface area (Å²) < 4.78 is 0. The van der Waals surface area contributed by atoms with Gasteiger partial charge >= 0.3 is 0 Å². The molecule has 0 amide bonds. The van der Waals surface area contributed by atoms with E-state index in [1.807, 2.05) is 0 Å². The van der Waals surface area contributed by atoms with Gasteiger partial charge in [-0.25, -0.2) is 0 Å². The van der Waals surface area contributed by atoms with Crippen molar-refractivity contribution >= 4 is 0 Å². The van der Waals surface area contributed by atoms with Gasteiger partial charge in [-0.1, -0.05) is 26.2 Å². The van der Waals surface area contributed by atoms with Gasteiger partial charge in [0.05, 0.1) is 0 Å². The maximum atomic E-state index is 3.50. The van der Waals surface area contributed by atoms with Crippen LogP contribution in [0.1, 0.15) is 20.3 Å². The molecule has 0 aromatic rings. The molecule has 0 spiro atoms. The van der Waals surface area contributed by atoms with Crippen LogP contribution >= 0.6 is 0 Å². The first kappa shape index (κ1) is 13.3. The molecule has 2 saturated carbocycles. The Bertz CT molecular complexity index is 123. The maximum Gasteiger partial charge on any atom is 0 e. The first-order chi connectivity index (χ1) is 5.20. The van der Waals surface area contributed by atoms with Crippen molar-refractivity contribution in [3.05, 3.63) is 11.7 Å². The first-order valence-corrected chi connectivity index (χ1v) is 4.53. The van der Waals surface area contributed by atoms with Crippen LogP contribution in [0.5, 0.6) is 0 Å². The zero-order valence-electron chi connectivity index (χ0n) is 8.54. The van der Waals surface area contributed by atoms with E-state index in [-0.39, 0.29) is 41.7 Å². The number of hydrogen-bond donors (Lipinski definition) is 0. The van der Waals surface area contributed by atoms with Crippen LogP contribution in [0.25, 0.3) is 5.32 Å². The van der Waals surface area contributed by atoms with E-state index >= 15 is 0 Å². The van der Waals surface area contributed by atoms with Crippen LogP contribution in [0, 0.1) is 71.8 Å². The molecule has 0 aromatic heterocycles. The molecule has 70 valence electrons. The number of hydrogen-bond acceptors (Lipinski definition) is 0. The third-order valence-corrected chi connectivity index (χ3v) is 2.72. The van der Waals surface area contributed by atoms with E-state index in [9.17, 15) is 0 Å². The summed E-state index contributed by atoms with van der Waals surface area (Å²) in [6, 6.07) is 0. The van der Waals surface area contributed by atoms with Gasteiger partial charge in [-0.15, -0.1) is 0 Å². The number of fused-ring (bicyclic) bond motifs is 1. The van der Waals surface area contributed by atoms with Crippen molar-refractivity contribution in [1.82, 2.24) is 0 Å². The summed E-state index contributed by atoms with van der Waals surface area (Å²) in [5.74, 6) is 4.15. The van der Waals surface area contributed by atoms with Gasteiger partial charge in [-0.05, 0) is 5.92 Å². The zero-order chi connectivity index (χ0) is 8.43. The Kier molecular flexibility index (Phi) is 6.60. The van der Waals surface area contributed by atoms with Crippen LogP contribution in [0.3, 0.4) is 0 Å². The van der Waals surface area contributed by atoms with Crippen molar-refractivity contribution in [1.29, 1.82) is 0 Å². The molecule has 12 heavy (non-hydrogen) atoms. The van der Waals surface area contributed by atoms with Gasteiger partial charge in [-0.3, -0.25) is 0 Å². The summed E-state index contributed by atoms with van der Waals surface area (Å²) in [5.41, 5.74) is 0.